The molecule has 26 heavy (non-hydrogen) atoms. The highest BCUT2D eigenvalue weighted by molar-refractivity contribution is 5.97. The van der Waals surface area contributed by atoms with Gasteiger partial charge in [0.2, 0.25) is 0 Å². The van der Waals surface area contributed by atoms with Gasteiger partial charge in [0, 0.05) is 12.8 Å². The summed E-state index contributed by atoms with van der Waals surface area (Å²) >= 11 is 0. The van der Waals surface area contributed by atoms with E-state index in [2.05, 4.69) is 20.9 Å². The second kappa shape index (κ2) is 10.3. The summed E-state index contributed by atoms with van der Waals surface area (Å²) in [7, 11) is 1.59. The number of benzene rings is 1. The summed E-state index contributed by atoms with van der Waals surface area (Å²) in [6, 6.07) is 13.5. The van der Waals surface area contributed by atoms with Crippen molar-refractivity contribution in [3.63, 3.8) is 0 Å². The van der Waals surface area contributed by atoms with Gasteiger partial charge in [-0.25, -0.2) is 4.98 Å². The third kappa shape index (κ3) is 5.32. The molecule has 1 amide bonds. The van der Waals surface area contributed by atoms with Gasteiger partial charge in [-0.05, 0) is 50.2 Å². The number of halogens is 2. The predicted molar refractivity (Wildman–Crippen MR) is 109 cm³/mol. The fourth-order valence-electron chi connectivity index (χ4n) is 2.81. The Morgan fingerprint density at radius 1 is 1.08 bits per heavy atom. The Balaban J connectivity index is 0.00000169. The number of carbonyl (C=O) groups excluding carboxylic acids is 1. The van der Waals surface area contributed by atoms with E-state index in [4.69, 9.17) is 4.74 Å². The summed E-state index contributed by atoms with van der Waals surface area (Å²) in [5, 5.41) is 9.36. The van der Waals surface area contributed by atoms with Crippen LogP contribution in [0.15, 0.2) is 48.7 Å². The quantitative estimate of drug-likeness (QED) is 0.719. The molecule has 0 unspecified atom stereocenters. The molecule has 0 spiro atoms. The third-order valence-corrected chi connectivity index (χ3v) is 4.28. The number of nitrogens with zero attached hydrogens (tertiary/aromatic N) is 1. The lowest BCUT2D eigenvalue weighted by atomic mass is 9.91. The van der Waals surface area contributed by atoms with E-state index in [1.165, 1.54) is 0 Å². The number of aromatic nitrogens is 1. The number of hydrogen-bond acceptors (Lipinski definition) is 5. The highest BCUT2D eigenvalue weighted by Crippen LogP contribution is 2.25. The Morgan fingerprint density at radius 2 is 1.77 bits per heavy atom. The zero-order chi connectivity index (χ0) is 16.8. The molecule has 0 atom stereocenters. The van der Waals surface area contributed by atoms with Gasteiger partial charge in [-0.2, -0.15) is 0 Å². The molecule has 2 aromatic rings. The molecule has 3 N–H and O–H groups in total. The Bertz CT molecular complexity index is 677. The molecule has 0 aliphatic carbocycles. The third-order valence-electron chi connectivity index (χ3n) is 4.28. The van der Waals surface area contributed by atoms with Gasteiger partial charge in [0.05, 0.1) is 11.9 Å². The average molecular weight is 399 g/mol. The zero-order valence-electron chi connectivity index (χ0n) is 14.5. The first-order valence-corrected chi connectivity index (χ1v) is 8.07. The number of anilines is 3. The van der Waals surface area contributed by atoms with Crippen molar-refractivity contribution >= 4 is 47.9 Å². The maximum atomic E-state index is 12.6. The molecule has 2 heterocycles. The number of pyridine rings is 1. The molecule has 1 saturated heterocycles. The van der Waals surface area contributed by atoms with E-state index in [-0.39, 0.29) is 30.7 Å². The van der Waals surface area contributed by atoms with Crippen LogP contribution in [0.2, 0.25) is 0 Å². The van der Waals surface area contributed by atoms with E-state index < -0.39 is 5.60 Å². The monoisotopic (exact) mass is 398 g/mol. The normalized spacial score (nSPS) is 15.1. The van der Waals surface area contributed by atoms with Gasteiger partial charge in [-0.3, -0.25) is 4.79 Å². The lowest BCUT2D eigenvalue weighted by molar-refractivity contribution is -0.140. The molecule has 1 fully saturated rings. The van der Waals surface area contributed by atoms with Crippen molar-refractivity contribution in [1.82, 2.24) is 10.3 Å². The number of carbonyl (C=O) groups is 1. The standard InChI is InChI=1S/C18H22N4O2.2ClH/c1-24-18(9-11-19-12-10-18)17(23)22-15-7-8-16(20-13-15)21-14-5-3-2-4-6-14;;/h2-8,13,19H,9-12H2,1H3,(H,20,21)(H,22,23);2*1H. The Hall–Kier alpha value is -1.86. The van der Waals surface area contributed by atoms with E-state index in [1.54, 1.807) is 13.3 Å². The SMILES string of the molecule is COC1(C(=O)Nc2ccc(Nc3ccccc3)nc2)CCNCC1.Cl.Cl. The molecular weight excluding hydrogens is 375 g/mol. The molecule has 0 saturated carbocycles. The molecule has 142 valence electrons. The number of para-hydroxylation sites is 1. The van der Waals surface area contributed by atoms with E-state index >= 15 is 0 Å². The second-order valence-corrected chi connectivity index (χ2v) is 5.83. The van der Waals surface area contributed by atoms with Crippen LogP contribution in [-0.4, -0.2) is 36.7 Å². The molecule has 1 aliphatic heterocycles. The van der Waals surface area contributed by atoms with E-state index in [0.29, 0.717) is 18.5 Å². The molecule has 1 aromatic carbocycles. The van der Waals surface area contributed by atoms with Crippen LogP contribution < -0.4 is 16.0 Å². The molecule has 6 nitrogen and oxygen atoms in total. The number of methoxy groups -OCH3 is 1. The lowest BCUT2D eigenvalue weighted by Gasteiger charge is -2.34. The first-order valence-electron chi connectivity index (χ1n) is 8.07. The molecule has 1 aliphatic rings. The Kier molecular flexibility index (Phi) is 8.81. The van der Waals surface area contributed by atoms with E-state index in [1.807, 2.05) is 42.5 Å². The maximum absolute atomic E-state index is 12.6. The fraction of sp³-hybridized carbons (Fsp3) is 0.333. The summed E-state index contributed by atoms with van der Waals surface area (Å²) in [6.07, 6.45) is 2.97. The second-order valence-electron chi connectivity index (χ2n) is 5.83. The first kappa shape index (κ1) is 22.2. The molecule has 0 radical (unpaired) electrons. The van der Waals surface area contributed by atoms with Gasteiger partial charge in [0.1, 0.15) is 11.4 Å². The van der Waals surface area contributed by atoms with Crippen molar-refractivity contribution in [2.45, 2.75) is 18.4 Å². The Labute approximate surface area is 165 Å². The van der Waals surface area contributed by atoms with Crippen LogP contribution in [0.5, 0.6) is 0 Å². The fourth-order valence-corrected chi connectivity index (χ4v) is 2.81. The number of amides is 1. The van der Waals surface area contributed by atoms with Crippen molar-refractivity contribution < 1.29 is 9.53 Å². The molecule has 3 rings (SSSR count). The van der Waals surface area contributed by atoms with Crippen LogP contribution in [0, 0.1) is 0 Å². The highest BCUT2D eigenvalue weighted by Gasteiger charge is 2.39. The number of hydrogen-bond donors (Lipinski definition) is 3. The van der Waals surface area contributed by atoms with E-state index in [9.17, 15) is 4.79 Å². The summed E-state index contributed by atoms with van der Waals surface area (Å²) in [5.41, 5.74) is 0.870. The number of piperidine rings is 1. The maximum Gasteiger partial charge on any atom is 0.256 e. The Morgan fingerprint density at radius 3 is 2.35 bits per heavy atom. The van der Waals surface area contributed by atoms with Crippen LogP contribution in [0.4, 0.5) is 17.2 Å². The topological polar surface area (TPSA) is 75.3 Å². The van der Waals surface area contributed by atoms with Crippen LogP contribution >= 0.6 is 24.8 Å². The summed E-state index contributed by atoms with van der Waals surface area (Å²) < 4.78 is 5.53. The van der Waals surface area contributed by atoms with Crippen LogP contribution in [0.1, 0.15) is 12.8 Å². The van der Waals surface area contributed by atoms with Crippen LogP contribution in [-0.2, 0) is 9.53 Å². The van der Waals surface area contributed by atoms with Crippen molar-refractivity contribution in [3.05, 3.63) is 48.7 Å². The predicted octanol–water partition coefficient (Wildman–Crippen LogP) is 3.38. The first-order chi connectivity index (χ1) is 11.7. The van der Waals surface area contributed by atoms with Crippen LogP contribution in [0.3, 0.4) is 0 Å². The van der Waals surface area contributed by atoms with E-state index in [0.717, 1.165) is 24.6 Å². The van der Waals surface area contributed by atoms with Gasteiger partial charge >= 0.3 is 0 Å². The summed E-state index contributed by atoms with van der Waals surface area (Å²) in [5.74, 6) is 0.611. The van der Waals surface area contributed by atoms with Crippen molar-refractivity contribution in [3.8, 4) is 0 Å². The van der Waals surface area contributed by atoms with Crippen molar-refractivity contribution in [2.75, 3.05) is 30.8 Å². The van der Waals surface area contributed by atoms with Gasteiger partial charge in [-0.15, -0.1) is 24.8 Å². The molecule has 1 aromatic heterocycles. The lowest BCUT2D eigenvalue weighted by Crippen LogP contribution is -2.51. The zero-order valence-corrected chi connectivity index (χ0v) is 16.2. The van der Waals surface area contributed by atoms with Crippen LogP contribution in [0.25, 0.3) is 0 Å². The van der Waals surface area contributed by atoms with Crippen molar-refractivity contribution in [2.24, 2.45) is 0 Å². The minimum absolute atomic E-state index is 0. The van der Waals surface area contributed by atoms with Gasteiger partial charge in [-0.1, -0.05) is 18.2 Å². The van der Waals surface area contributed by atoms with Gasteiger partial charge in [0.25, 0.3) is 5.91 Å². The smallest absolute Gasteiger partial charge is 0.256 e. The number of nitrogens with one attached hydrogen (secondary N) is 3. The minimum atomic E-state index is -0.758. The summed E-state index contributed by atoms with van der Waals surface area (Å²) in [6.45, 7) is 1.55. The minimum Gasteiger partial charge on any atom is -0.368 e. The summed E-state index contributed by atoms with van der Waals surface area (Å²) in [4.78, 5) is 16.9. The van der Waals surface area contributed by atoms with Gasteiger partial charge < -0.3 is 20.7 Å². The molecular formula is C18H24Cl2N4O2. The average Bonchev–Trinajstić information content (AvgIpc) is 2.64. The van der Waals surface area contributed by atoms with Crippen molar-refractivity contribution in [1.29, 1.82) is 0 Å². The largest absolute Gasteiger partial charge is 0.368 e. The molecule has 8 heteroatoms. The van der Waals surface area contributed by atoms with Gasteiger partial charge in [0.15, 0.2) is 0 Å². The number of rotatable bonds is 5. The molecule has 0 bridgehead atoms. The highest BCUT2D eigenvalue weighted by atomic mass is 35.5. The number of ether oxygens (including phenoxy) is 1.